The quantitative estimate of drug-likeness (QED) is 0.374. The number of nitrogens with zero attached hydrogens (tertiary/aromatic N) is 1. The van der Waals surface area contributed by atoms with Gasteiger partial charge in [-0.15, -0.1) is 0 Å². The van der Waals surface area contributed by atoms with Crippen molar-refractivity contribution >= 4 is 33.6 Å². The average Bonchev–Trinajstić information content (AvgIpc) is 2.59. The molecule has 0 bridgehead atoms. The van der Waals surface area contributed by atoms with E-state index in [1.54, 1.807) is 20.8 Å². The summed E-state index contributed by atoms with van der Waals surface area (Å²) in [7, 11) is -2.60. The maximum absolute atomic E-state index is 13.7. The van der Waals surface area contributed by atoms with Crippen LogP contribution >= 0.6 is 11.8 Å². The lowest BCUT2D eigenvalue weighted by Crippen LogP contribution is -2.42. The van der Waals surface area contributed by atoms with Gasteiger partial charge < -0.3 is 11.1 Å². The second kappa shape index (κ2) is 9.35. The minimum Gasteiger partial charge on any atom is -0.366 e. The monoisotopic (exact) mass is 429 g/mol. The number of carbonyl (C=O) groups excluding carboxylic acids is 2. The summed E-state index contributed by atoms with van der Waals surface area (Å²) in [4.78, 5) is 23.4. The molecule has 0 saturated carbocycles. The molecule has 0 aliphatic heterocycles. The third kappa shape index (κ3) is 6.18. The Morgan fingerprint density at radius 2 is 1.89 bits per heavy atom. The molecular formula is C18H24FN3O4S2. The number of nitrogens with two attached hydrogens (primary N) is 1. The zero-order chi connectivity index (χ0) is 21.7. The van der Waals surface area contributed by atoms with Crippen LogP contribution in [0.5, 0.6) is 0 Å². The van der Waals surface area contributed by atoms with Gasteiger partial charge in [-0.3, -0.25) is 9.59 Å². The fraction of sp³-hybridized carbons (Fsp3) is 0.333. The Balaban J connectivity index is 3.05. The molecule has 28 heavy (non-hydrogen) atoms. The first kappa shape index (κ1) is 23.9. The summed E-state index contributed by atoms with van der Waals surface area (Å²) in [5.74, 6) is -2.44. The Kier molecular flexibility index (Phi) is 7.97. The Morgan fingerprint density at radius 3 is 2.39 bits per heavy atom. The van der Waals surface area contributed by atoms with E-state index >= 15 is 0 Å². The van der Waals surface area contributed by atoms with Crippen LogP contribution in [0, 0.1) is 5.82 Å². The average molecular weight is 430 g/mol. The number of halogens is 1. The molecule has 1 aromatic rings. The smallest absolute Gasteiger partial charge is 0.254 e. The van der Waals surface area contributed by atoms with Gasteiger partial charge in [-0.2, -0.15) is 4.31 Å². The summed E-state index contributed by atoms with van der Waals surface area (Å²) in [5.41, 5.74) is 4.05. The zero-order valence-corrected chi connectivity index (χ0v) is 17.8. The number of carbonyl (C=O) groups is 2. The van der Waals surface area contributed by atoms with Gasteiger partial charge in [0.1, 0.15) is 10.1 Å². The first-order valence-corrected chi connectivity index (χ1v) is 10.6. The summed E-state index contributed by atoms with van der Waals surface area (Å²) < 4.78 is 40.4. The van der Waals surface area contributed by atoms with Crippen molar-refractivity contribution < 1.29 is 22.4 Å². The van der Waals surface area contributed by atoms with Crippen molar-refractivity contribution in [2.24, 2.45) is 5.73 Å². The number of nitrogens with one attached hydrogen (secondary N) is 1. The van der Waals surface area contributed by atoms with Crippen LogP contribution in [-0.2, 0) is 14.8 Å². The van der Waals surface area contributed by atoms with Crippen LogP contribution < -0.4 is 11.1 Å². The molecule has 1 rings (SSSR count). The van der Waals surface area contributed by atoms with Crippen molar-refractivity contribution in [3.8, 4) is 0 Å². The molecule has 0 heterocycles. The molecule has 0 aliphatic rings. The molecular weight excluding hydrogens is 405 g/mol. The van der Waals surface area contributed by atoms with E-state index < -0.39 is 33.2 Å². The molecule has 0 spiro atoms. The minimum absolute atomic E-state index is 0.162. The molecule has 2 amide bonds. The summed E-state index contributed by atoms with van der Waals surface area (Å²) >= 11 is 0.756. The summed E-state index contributed by atoms with van der Waals surface area (Å²) in [5, 5.41) is 2.44. The van der Waals surface area contributed by atoms with Crippen LogP contribution in [0.1, 0.15) is 31.1 Å². The molecule has 0 aromatic heterocycles. The van der Waals surface area contributed by atoms with E-state index in [0.717, 1.165) is 28.2 Å². The van der Waals surface area contributed by atoms with Crippen LogP contribution in [0.25, 0.3) is 0 Å². The van der Waals surface area contributed by atoms with Gasteiger partial charge >= 0.3 is 0 Å². The fourth-order valence-corrected chi connectivity index (χ4v) is 4.77. The van der Waals surface area contributed by atoms with E-state index in [1.807, 2.05) is 0 Å². The predicted molar refractivity (Wildman–Crippen MR) is 109 cm³/mol. The van der Waals surface area contributed by atoms with Gasteiger partial charge in [0, 0.05) is 18.2 Å². The summed E-state index contributed by atoms with van der Waals surface area (Å²) in [6.07, 6.45) is 1.06. The van der Waals surface area contributed by atoms with Gasteiger partial charge in [-0.05, 0) is 39.0 Å². The molecule has 1 aromatic carbocycles. The SMILES string of the molecule is C=C(C=C(SCNC(=O)c1ccccc1F)S(=O)(=O)N(C)C(C)(C)C)C(N)=O. The van der Waals surface area contributed by atoms with Gasteiger partial charge in [0.15, 0.2) is 0 Å². The molecule has 7 nitrogen and oxygen atoms in total. The van der Waals surface area contributed by atoms with Crippen molar-refractivity contribution in [1.82, 2.24) is 9.62 Å². The van der Waals surface area contributed by atoms with E-state index in [4.69, 9.17) is 5.73 Å². The van der Waals surface area contributed by atoms with Gasteiger partial charge in [-0.1, -0.05) is 30.5 Å². The number of amides is 2. The number of hydrogen-bond acceptors (Lipinski definition) is 5. The normalized spacial score (nSPS) is 12.7. The third-order valence-electron chi connectivity index (χ3n) is 3.73. The first-order valence-electron chi connectivity index (χ1n) is 8.13. The lowest BCUT2D eigenvalue weighted by Gasteiger charge is -2.31. The lowest BCUT2D eigenvalue weighted by atomic mass is 10.1. The Hall–Kier alpha value is -2.17. The van der Waals surface area contributed by atoms with Crippen molar-refractivity contribution in [2.45, 2.75) is 26.3 Å². The second-order valence-electron chi connectivity index (χ2n) is 6.77. The lowest BCUT2D eigenvalue weighted by molar-refractivity contribution is -0.114. The third-order valence-corrected chi connectivity index (χ3v) is 7.31. The number of hydrogen-bond donors (Lipinski definition) is 2. The van der Waals surface area contributed by atoms with Crippen LogP contribution in [0.4, 0.5) is 4.39 Å². The van der Waals surface area contributed by atoms with E-state index in [9.17, 15) is 22.4 Å². The Labute approximate surface area is 168 Å². The molecule has 3 N–H and O–H groups in total. The number of sulfonamides is 1. The van der Waals surface area contributed by atoms with E-state index in [1.165, 1.54) is 25.2 Å². The van der Waals surface area contributed by atoms with E-state index in [2.05, 4.69) is 11.9 Å². The van der Waals surface area contributed by atoms with Gasteiger partial charge in [-0.25, -0.2) is 12.8 Å². The van der Waals surface area contributed by atoms with Gasteiger partial charge in [0.2, 0.25) is 15.9 Å². The number of primary amides is 1. The molecule has 0 unspecified atom stereocenters. The zero-order valence-electron chi connectivity index (χ0n) is 16.2. The molecule has 0 saturated heterocycles. The highest BCUT2D eigenvalue weighted by Gasteiger charge is 2.32. The largest absolute Gasteiger partial charge is 0.366 e. The topological polar surface area (TPSA) is 110 Å². The van der Waals surface area contributed by atoms with Crippen LogP contribution in [-0.4, -0.2) is 43.0 Å². The maximum atomic E-state index is 13.7. The number of rotatable bonds is 8. The van der Waals surface area contributed by atoms with Crippen molar-refractivity contribution in [3.63, 3.8) is 0 Å². The van der Waals surface area contributed by atoms with E-state index in [0.29, 0.717) is 0 Å². The molecule has 0 atom stereocenters. The molecule has 0 fully saturated rings. The number of thioether (sulfide) groups is 1. The fourth-order valence-electron chi connectivity index (χ4n) is 1.81. The number of benzene rings is 1. The van der Waals surface area contributed by atoms with Crippen LogP contribution in [0.2, 0.25) is 0 Å². The molecule has 154 valence electrons. The Bertz CT molecular complexity index is 906. The highest BCUT2D eigenvalue weighted by molar-refractivity contribution is 8.17. The standard InChI is InChI=1S/C18H24FN3O4S2/c1-12(16(20)23)10-15(28(25,26)22(5)18(2,3)4)27-11-21-17(24)13-8-6-7-9-14(13)19/h6-10H,1,11H2,2-5H3,(H2,20,23)(H,21,24). The maximum Gasteiger partial charge on any atom is 0.254 e. The van der Waals surface area contributed by atoms with Crippen molar-refractivity contribution in [3.05, 3.63) is 58.1 Å². The van der Waals surface area contributed by atoms with E-state index in [-0.39, 0.29) is 21.3 Å². The summed E-state index contributed by atoms with van der Waals surface area (Å²) in [6.45, 7) is 8.56. The molecule has 10 heteroatoms. The van der Waals surface area contributed by atoms with Crippen molar-refractivity contribution in [1.29, 1.82) is 0 Å². The summed E-state index contributed by atoms with van der Waals surface area (Å²) in [6, 6.07) is 5.42. The molecule has 0 radical (unpaired) electrons. The van der Waals surface area contributed by atoms with Gasteiger partial charge in [0.05, 0.1) is 11.4 Å². The Morgan fingerprint density at radius 1 is 1.32 bits per heavy atom. The predicted octanol–water partition coefficient (Wildman–Crippen LogP) is 2.19. The van der Waals surface area contributed by atoms with Crippen LogP contribution in [0.3, 0.4) is 0 Å². The van der Waals surface area contributed by atoms with Gasteiger partial charge in [0.25, 0.3) is 5.91 Å². The highest BCUT2D eigenvalue weighted by atomic mass is 32.3. The second-order valence-corrected chi connectivity index (χ2v) is 9.98. The van der Waals surface area contributed by atoms with Crippen molar-refractivity contribution in [2.75, 3.05) is 12.9 Å². The van der Waals surface area contributed by atoms with Crippen LogP contribution in [0.15, 0.2) is 46.7 Å². The first-order chi connectivity index (χ1) is 12.8. The minimum atomic E-state index is -3.99. The molecule has 0 aliphatic carbocycles. The highest BCUT2D eigenvalue weighted by Crippen LogP contribution is 2.29.